The molecule has 0 bridgehead atoms. The summed E-state index contributed by atoms with van der Waals surface area (Å²) in [4.78, 5) is 13.0. The van der Waals surface area contributed by atoms with Gasteiger partial charge in [0.2, 0.25) is 0 Å². The van der Waals surface area contributed by atoms with E-state index in [0.29, 0.717) is 27.5 Å². The van der Waals surface area contributed by atoms with Crippen LogP contribution in [0.1, 0.15) is 32.3 Å². The number of hydrogen-bond acceptors (Lipinski definition) is 7. The number of nitrogens with one attached hydrogen (secondary N) is 1. The molecule has 7 heteroatoms. The average molecular weight is 374 g/mol. The Hall–Kier alpha value is -2.46. The van der Waals surface area contributed by atoms with Gasteiger partial charge in [-0.3, -0.25) is 5.41 Å². The lowest BCUT2D eigenvalue weighted by Gasteiger charge is -2.30. The van der Waals surface area contributed by atoms with Crippen LogP contribution in [0.2, 0.25) is 0 Å². The second kappa shape index (κ2) is 8.28. The molecule has 0 unspecified atom stereocenters. The van der Waals surface area contributed by atoms with Crippen LogP contribution in [-0.2, 0) is 9.53 Å². The van der Waals surface area contributed by atoms with Gasteiger partial charge in [0.1, 0.15) is 5.92 Å². The van der Waals surface area contributed by atoms with Gasteiger partial charge in [-0.25, -0.2) is 4.79 Å². The molecular weight excluding hydrogens is 352 g/mol. The quantitative estimate of drug-likeness (QED) is 0.786. The fraction of sp³-hybridized carbons (Fsp3) is 0.421. The van der Waals surface area contributed by atoms with Gasteiger partial charge >= 0.3 is 5.97 Å². The fourth-order valence-corrected chi connectivity index (χ4v) is 3.89. The zero-order chi connectivity index (χ0) is 19.4. The molecule has 0 amide bonds. The van der Waals surface area contributed by atoms with Crippen LogP contribution in [0, 0.1) is 22.7 Å². The Morgan fingerprint density at radius 1 is 1.31 bits per heavy atom. The average Bonchev–Trinajstić information content (AvgIpc) is 2.60. The van der Waals surface area contributed by atoms with Crippen molar-refractivity contribution in [2.45, 2.75) is 32.8 Å². The standard InChI is InChI=1S/C19H22N2O4S/c1-10(2)25-14-7-6-12(8-15(14)23-4)17-13(9-20)18(21)26-11(3)16(17)19(22)24-5/h6-8,10,13,17,21H,1-5H3/t13-,17+/m0/s1. The van der Waals surface area contributed by atoms with Crippen LogP contribution in [-0.4, -0.2) is 31.3 Å². The number of carbonyl (C=O) groups is 1. The highest BCUT2D eigenvalue weighted by atomic mass is 32.2. The van der Waals surface area contributed by atoms with Gasteiger partial charge < -0.3 is 14.2 Å². The van der Waals surface area contributed by atoms with E-state index in [0.717, 1.165) is 11.8 Å². The van der Waals surface area contributed by atoms with E-state index >= 15 is 0 Å². The maximum absolute atomic E-state index is 12.4. The zero-order valence-corrected chi connectivity index (χ0v) is 16.3. The summed E-state index contributed by atoms with van der Waals surface area (Å²) in [6, 6.07) is 7.48. The molecule has 2 atom stereocenters. The van der Waals surface area contributed by atoms with E-state index in [2.05, 4.69) is 6.07 Å². The Morgan fingerprint density at radius 3 is 2.54 bits per heavy atom. The van der Waals surface area contributed by atoms with Gasteiger partial charge in [0.15, 0.2) is 11.5 Å². The topological polar surface area (TPSA) is 92.4 Å². The highest BCUT2D eigenvalue weighted by Crippen LogP contribution is 2.46. The van der Waals surface area contributed by atoms with Crippen LogP contribution in [0.25, 0.3) is 0 Å². The first kappa shape index (κ1) is 19.9. The van der Waals surface area contributed by atoms with Gasteiger partial charge in [0, 0.05) is 5.92 Å². The third-order valence-corrected chi connectivity index (χ3v) is 5.02. The van der Waals surface area contributed by atoms with Crippen molar-refractivity contribution in [3.63, 3.8) is 0 Å². The number of nitrogens with zero attached hydrogens (tertiary/aromatic N) is 1. The number of esters is 1. The van der Waals surface area contributed by atoms with Crippen molar-refractivity contribution in [3.8, 4) is 17.6 Å². The molecule has 6 nitrogen and oxygen atoms in total. The van der Waals surface area contributed by atoms with E-state index in [1.165, 1.54) is 14.2 Å². The molecule has 0 aromatic heterocycles. The Morgan fingerprint density at radius 2 is 2.00 bits per heavy atom. The molecule has 0 radical (unpaired) electrons. The van der Waals surface area contributed by atoms with E-state index in [-0.39, 0.29) is 11.1 Å². The summed E-state index contributed by atoms with van der Waals surface area (Å²) in [6.45, 7) is 5.60. The SMILES string of the molecule is COC(=O)C1=C(C)SC(=N)[C@@H](C#N)[C@H]1c1ccc(OC(C)C)c(OC)c1. The van der Waals surface area contributed by atoms with Gasteiger partial charge in [-0.2, -0.15) is 5.26 Å². The third kappa shape index (κ3) is 3.86. The van der Waals surface area contributed by atoms with Crippen LogP contribution in [0.5, 0.6) is 11.5 Å². The highest BCUT2D eigenvalue weighted by Gasteiger charge is 2.40. The van der Waals surface area contributed by atoms with Gasteiger partial charge in [0.05, 0.1) is 37.0 Å². The van der Waals surface area contributed by atoms with Crippen LogP contribution in [0.15, 0.2) is 28.7 Å². The minimum absolute atomic E-state index is 0.0198. The largest absolute Gasteiger partial charge is 0.493 e. The molecule has 0 spiro atoms. The van der Waals surface area contributed by atoms with Gasteiger partial charge in [0.25, 0.3) is 0 Å². The summed E-state index contributed by atoms with van der Waals surface area (Å²) >= 11 is 1.13. The van der Waals surface area contributed by atoms with Gasteiger partial charge in [-0.15, -0.1) is 0 Å². The van der Waals surface area contributed by atoms with E-state index in [4.69, 9.17) is 19.6 Å². The summed E-state index contributed by atoms with van der Waals surface area (Å²) in [5.41, 5.74) is 1.11. The Kier molecular flexibility index (Phi) is 6.32. The smallest absolute Gasteiger partial charge is 0.335 e. The molecule has 2 rings (SSSR count). The summed E-state index contributed by atoms with van der Waals surface area (Å²) < 4.78 is 16.1. The van der Waals surface area contributed by atoms with Crippen LogP contribution in [0.3, 0.4) is 0 Å². The first-order valence-electron chi connectivity index (χ1n) is 8.13. The zero-order valence-electron chi connectivity index (χ0n) is 15.5. The lowest BCUT2D eigenvalue weighted by molar-refractivity contribution is -0.136. The monoisotopic (exact) mass is 374 g/mol. The fourth-order valence-electron chi connectivity index (χ4n) is 2.92. The second-order valence-electron chi connectivity index (χ2n) is 6.09. The molecule has 1 heterocycles. The highest BCUT2D eigenvalue weighted by molar-refractivity contribution is 8.17. The lowest BCUT2D eigenvalue weighted by Crippen LogP contribution is -2.29. The molecule has 1 N–H and O–H groups in total. The number of nitriles is 1. The number of methoxy groups -OCH3 is 2. The molecule has 138 valence electrons. The molecule has 0 fully saturated rings. The molecule has 1 aliphatic heterocycles. The number of rotatable bonds is 5. The second-order valence-corrected chi connectivity index (χ2v) is 7.35. The summed E-state index contributed by atoms with van der Waals surface area (Å²) in [5, 5.41) is 18.0. The van der Waals surface area contributed by atoms with E-state index < -0.39 is 17.8 Å². The number of hydrogen-bond donors (Lipinski definition) is 1. The number of ether oxygens (including phenoxy) is 3. The normalized spacial score (nSPS) is 20.0. The van der Waals surface area contributed by atoms with Crippen molar-refractivity contribution in [2.24, 2.45) is 5.92 Å². The molecule has 0 aliphatic carbocycles. The Labute approximate surface area is 157 Å². The number of allylic oxidation sites excluding steroid dienone is 1. The predicted octanol–water partition coefficient (Wildman–Crippen LogP) is 3.88. The molecule has 26 heavy (non-hydrogen) atoms. The van der Waals surface area contributed by atoms with Crippen molar-refractivity contribution in [1.82, 2.24) is 0 Å². The van der Waals surface area contributed by atoms with E-state index in [9.17, 15) is 10.1 Å². The Balaban J connectivity index is 2.60. The van der Waals surface area contributed by atoms with E-state index in [1.54, 1.807) is 25.1 Å². The number of thioether (sulfide) groups is 1. The lowest BCUT2D eigenvalue weighted by atomic mass is 9.80. The molecule has 1 aliphatic rings. The van der Waals surface area contributed by atoms with Crippen LogP contribution in [0.4, 0.5) is 0 Å². The molecule has 1 aromatic carbocycles. The third-order valence-electron chi connectivity index (χ3n) is 4.02. The van der Waals surface area contributed by atoms with Crippen LogP contribution < -0.4 is 9.47 Å². The maximum Gasteiger partial charge on any atom is 0.335 e. The van der Waals surface area contributed by atoms with Crippen molar-refractivity contribution in [3.05, 3.63) is 34.2 Å². The van der Waals surface area contributed by atoms with Crippen molar-refractivity contribution >= 4 is 22.8 Å². The number of carbonyl (C=O) groups excluding carboxylic acids is 1. The first-order valence-corrected chi connectivity index (χ1v) is 8.95. The molecule has 1 aromatic rings. The molecule has 0 saturated heterocycles. The summed E-state index contributed by atoms with van der Waals surface area (Å²) in [5.74, 6) is -0.753. The number of benzene rings is 1. The molecule has 0 saturated carbocycles. The van der Waals surface area contributed by atoms with Crippen molar-refractivity contribution < 1.29 is 19.0 Å². The Bertz CT molecular complexity index is 795. The summed E-state index contributed by atoms with van der Waals surface area (Å²) in [6.07, 6.45) is -0.0198. The van der Waals surface area contributed by atoms with Crippen LogP contribution >= 0.6 is 11.8 Å². The minimum Gasteiger partial charge on any atom is -0.493 e. The maximum atomic E-state index is 12.4. The van der Waals surface area contributed by atoms with Crippen molar-refractivity contribution in [2.75, 3.05) is 14.2 Å². The van der Waals surface area contributed by atoms with E-state index in [1.807, 2.05) is 13.8 Å². The predicted molar refractivity (Wildman–Crippen MR) is 101 cm³/mol. The van der Waals surface area contributed by atoms with Gasteiger partial charge in [-0.05, 0) is 43.4 Å². The minimum atomic E-state index is -0.764. The molecular formula is C19H22N2O4S. The van der Waals surface area contributed by atoms with Gasteiger partial charge in [-0.1, -0.05) is 17.8 Å². The summed E-state index contributed by atoms with van der Waals surface area (Å²) in [7, 11) is 2.85. The van der Waals surface area contributed by atoms with Crippen molar-refractivity contribution in [1.29, 1.82) is 10.7 Å². The first-order chi connectivity index (χ1) is 12.3.